The molecular formula is C10H14FN3O3. The van der Waals surface area contributed by atoms with E-state index in [1.54, 1.807) is 7.05 Å². The normalized spacial score (nSPS) is 25.5. The average Bonchev–Trinajstić information content (AvgIpc) is 2.52. The largest absolute Gasteiger partial charge is 0.369 e. The highest BCUT2D eigenvalue weighted by atomic mass is 19.1. The smallest absolute Gasteiger partial charge is 0.312 e. The minimum atomic E-state index is -0.979. The summed E-state index contributed by atoms with van der Waals surface area (Å²) in [5, 5.41) is 14.7. The van der Waals surface area contributed by atoms with E-state index in [0.717, 1.165) is 0 Å². The van der Waals surface area contributed by atoms with E-state index in [4.69, 9.17) is 4.74 Å². The molecule has 0 amide bonds. The summed E-state index contributed by atoms with van der Waals surface area (Å²) in [5.74, 6) is 0. The highest BCUT2D eigenvalue weighted by molar-refractivity contribution is 5.34. The van der Waals surface area contributed by atoms with Gasteiger partial charge in [-0.15, -0.1) is 0 Å². The lowest BCUT2D eigenvalue weighted by atomic mass is 10.1. The van der Waals surface area contributed by atoms with E-state index >= 15 is 0 Å². The Bertz CT molecular complexity index is 421. The van der Waals surface area contributed by atoms with Gasteiger partial charge in [0, 0.05) is 7.05 Å². The Kier molecular flexibility index (Phi) is 3.37. The van der Waals surface area contributed by atoms with Crippen LogP contribution in [-0.2, 0) is 11.8 Å². The van der Waals surface area contributed by atoms with E-state index < -0.39 is 17.2 Å². The van der Waals surface area contributed by atoms with Crippen molar-refractivity contribution >= 4 is 5.69 Å². The van der Waals surface area contributed by atoms with Gasteiger partial charge in [0.05, 0.1) is 11.5 Å². The van der Waals surface area contributed by atoms with Gasteiger partial charge in [-0.1, -0.05) is 0 Å². The summed E-state index contributed by atoms with van der Waals surface area (Å²) in [5.41, 5.74) is 0.360. The van der Waals surface area contributed by atoms with Gasteiger partial charge in [0.25, 0.3) is 0 Å². The quantitative estimate of drug-likeness (QED) is 0.587. The molecular weight excluding hydrogens is 229 g/mol. The number of nitrogens with zero attached hydrogens (tertiary/aromatic N) is 3. The van der Waals surface area contributed by atoms with Crippen molar-refractivity contribution in [3.63, 3.8) is 0 Å². The third-order valence-corrected chi connectivity index (χ3v) is 2.93. The van der Waals surface area contributed by atoms with Crippen LogP contribution in [0.3, 0.4) is 0 Å². The van der Waals surface area contributed by atoms with E-state index in [-0.39, 0.29) is 12.3 Å². The zero-order valence-corrected chi connectivity index (χ0v) is 9.50. The summed E-state index contributed by atoms with van der Waals surface area (Å²) < 4.78 is 20.0. The maximum Gasteiger partial charge on any atom is 0.312 e. The number of hydrogen-bond donors (Lipinski definition) is 0. The average molecular weight is 243 g/mol. The molecule has 17 heavy (non-hydrogen) atoms. The standard InChI is InChI=1S/C10H14FN3O3/c1-13-10(8(5-12-13)14(15)16)9-4-2-3-7(11)6-17-9/h5,7,9H,2-4,6H2,1H3/t7-,9-/m1/s1. The van der Waals surface area contributed by atoms with Crippen LogP contribution < -0.4 is 0 Å². The van der Waals surface area contributed by atoms with Crippen LogP contribution in [0.2, 0.25) is 0 Å². The van der Waals surface area contributed by atoms with Crippen LogP contribution in [-0.4, -0.2) is 27.5 Å². The molecule has 1 aromatic heterocycles. The number of alkyl halides is 1. The Balaban J connectivity index is 2.26. The number of aromatic nitrogens is 2. The van der Waals surface area contributed by atoms with Crippen LogP contribution in [0.25, 0.3) is 0 Å². The first kappa shape index (κ1) is 12.0. The third-order valence-electron chi connectivity index (χ3n) is 2.93. The van der Waals surface area contributed by atoms with E-state index in [2.05, 4.69) is 5.10 Å². The number of nitro groups is 1. The van der Waals surface area contributed by atoms with Crippen molar-refractivity contribution in [1.29, 1.82) is 0 Å². The maximum absolute atomic E-state index is 13.1. The fraction of sp³-hybridized carbons (Fsp3) is 0.700. The molecule has 7 heteroatoms. The van der Waals surface area contributed by atoms with Gasteiger partial charge in [0.15, 0.2) is 0 Å². The highest BCUT2D eigenvalue weighted by Crippen LogP contribution is 2.33. The molecule has 0 unspecified atom stereocenters. The molecule has 0 bridgehead atoms. The summed E-state index contributed by atoms with van der Waals surface area (Å²) in [6.45, 7) is -0.00694. The fourth-order valence-corrected chi connectivity index (χ4v) is 2.08. The number of halogens is 1. The Morgan fingerprint density at radius 2 is 2.41 bits per heavy atom. The van der Waals surface area contributed by atoms with Crippen molar-refractivity contribution in [2.24, 2.45) is 7.05 Å². The molecule has 2 atom stereocenters. The first-order chi connectivity index (χ1) is 8.09. The molecule has 0 N–H and O–H groups in total. The van der Waals surface area contributed by atoms with Gasteiger partial charge in [0.1, 0.15) is 24.2 Å². The Labute approximate surface area is 97.5 Å². The Hall–Kier alpha value is -1.50. The van der Waals surface area contributed by atoms with Crippen LogP contribution >= 0.6 is 0 Å². The molecule has 0 aliphatic carbocycles. The van der Waals surface area contributed by atoms with Gasteiger partial charge in [-0.25, -0.2) is 4.39 Å². The molecule has 94 valence electrons. The second kappa shape index (κ2) is 4.79. The molecule has 2 heterocycles. The second-order valence-corrected chi connectivity index (χ2v) is 4.15. The molecule has 0 saturated carbocycles. The van der Waals surface area contributed by atoms with E-state index in [9.17, 15) is 14.5 Å². The molecule has 1 fully saturated rings. The van der Waals surface area contributed by atoms with Crippen molar-refractivity contribution < 1.29 is 14.1 Å². The third kappa shape index (κ3) is 2.44. The van der Waals surface area contributed by atoms with Crippen LogP contribution in [0.4, 0.5) is 10.1 Å². The van der Waals surface area contributed by atoms with Gasteiger partial charge < -0.3 is 4.74 Å². The van der Waals surface area contributed by atoms with Crippen LogP contribution in [0.5, 0.6) is 0 Å². The van der Waals surface area contributed by atoms with Crippen molar-refractivity contribution in [1.82, 2.24) is 9.78 Å². The lowest BCUT2D eigenvalue weighted by Gasteiger charge is -2.14. The van der Waals surface area contributed by atoms with Crippen LogP contribution in [0, 0.1) is 10.1 Å². The topological polar surface area (TPSA) is 70.2 Å². The molecule has 1 saturated heterocycles. The summed E-state index contributed by atoms with van der Waals surface area (Å²) in [7, 11) is 1.63. The van der Waals surface area contributed by atoms with Gasteiger partial charge in [0.2, 0.25) is 0 Å². The van der Waals surface area contributed by atoms with Gasteiger partial charge in [-0.2, -0.15) is 5.10 Å². The van der Waals surface area contributed by atoms with Crippen LogP contribution in [0.1, 0.15) is 31.1 Å². The van der Waals surface area contributed by atoms with Gasteiger partial charge in [-0.05, 0) is 19.3 Å². The molecule has 0 radical (unpaired) electrons. The highest BCUT2D eigenvalue weighted by Gasteiger charge is 2.29. The lowest BCUT2D eigenvalue weighted by Crippen LogP contribution is -2.13. The monoisotopic (exact) mass is 243 g/mol. The van der Waals surface area contributed by atoms with E-state index in [1.165, 1.54) is 10.9 Å². The van der Waals surface area contributed by atoms with Gasteiger partial charge in [-0.3, -0.25) is 14.8 Å². The van der Waals surface area contributed by atoms with Crippen molar-refractivity contribution in [3.8, 4) is 0 Å². The Morgan fingerprint density at radius 1 is 1.65 bits per heavy atom. The SMILES string of the molecule is Cn1ncc([N+](=O)[O-])c1[C@H]1CCC[C@@H](F)CO1. The first-order valence-corrected chi connectivity index (χ1v) is 5.51. The molecule has 0 spiro atoms. The number of aryl methyl sites for hydroxylation is 1. The van der Waals surface area contributed by atoms with Gasteiger partial charge >= 0.3 is 5.69 Å². The fourth-order valence-electron chi connectivity index (χ4n) is 2.08. The zero-order valence-electron chi connectivity index (χ0n) is 9.50. The molecule has 1 aromatic rings. The molecule has 1 aliphatic rings. The predicted octanol–water partition coefficient (Wildman–Crippen LogP) is 1.91. The summed E-state index contributed by atoms with van der Waals surface area (Å²) >= 11 is 0. The zero-order chi connectivity index (χ0) is 12.4. The van der Waals surface area contributed by atoms with Crippen molar-refractivity contribution in [2.75, 3.05) is 6.61 Å². The molecule has 1 aliphatic heterocycles. The summed E-state index contributed by atoms with van der Waals surface area (Å²) in [4.78, 5) is 10.4. The summed E-state index contributed by atoms with van der Waals surface area (Å²) in [6, 6.07) is 0. The number of rotatable bonds is 2. The molecule has 2 rings (SSSR count). The van der Waals surface area contributed by atoms with Crippen molar-refractivity contribution in [3.05, 3.63) is 22.0 Å². The minimum Gasteiger partial charge on any atom is -0.369 e. The molecule has 0 aromatic carbocycles. The maximum atomic E-state index is 13.1. The van der Waals surface area contributed by atoms with E-state index in [1.807, 2.05) is 0 Å². The number of hydrogen-bond acceptors (Lipinski definition) is 4. The minimum absolute atomic E-state index is 0.00694. The second-order valence-electron chi connectivity index (χ2n) is 4.15. The van der Waals surface area contributed by atoms with Crippen molar-refractivity contribution in [2.45, 2.75) is 31.5 Å². The predicted molar refractivity (Wildman–Crippen MR) is 57.3 cm³/mol. The van der Waals surface area contributed by atoms with E-state index in [0.29, 0.717) is 25.0 Å². The first-order valence-electron chi connectivity index (χ1n) is 5.51. The Morgan fingerprint density at radius 3 is 3.12 bits per heavy atom. The lowest BCUT2D eigenvalue weighted by molar-refractivity contribution is -0.386. The molecule has 6 nitrogen and oxygen atoms in total. The van der Waals surface area contributed by atoms with Crippen LogP contribution in [0.15, 0.2) is 6.20 Å². The number of ether oxygens (including phenoxy) is 1. The summed E-state index contributed by atoms with van der Waals surface area (Å²) in [6.07, 6.45) is 1.48.